The number of hydrogen-bond acceptors (Lipinski definition) is 5. The second kappa shape index (κ2) is 10.6. The third-order valence-corrected chi connectivity index (χ3v) is 6.30. The first kappa shape index (κ1) is 23.8. The number of urea groups is 1. The Morgan fingerprint density at radius 3 is 2.06 bits per heavy atom. The Bertz CT molecular complexity index is 1180. The van der Waals surface area contributed by atoms with Crippen LogP contribution in [-0.4, -0.2) is 40.6 Å². The summed E-state index contributed by atoms with van der Waals surface area (Å²) in [5.74, 6) is 0.236. The zero-order chi connectivity index (χ0) is 23.8. The lowest BCUT2D eigenvalue weighted by atomic mass is 10.0. The van der Waals surface area contributed by atoms with E-state index in [-0.39, 0.29) is 11.3 Å². The Morgan fingerprint density at radius 1 is 0.909 bits per heavy atom. The monoisotopic (exact) mass is 467 g/mol. The minimum absolute atomic E-state index is 0.0542. The lowest BCUT2D eigenvalue weighted by molar-refractivity contribution is -0.120. The van der Waals surface area contributed by atoms with Crippen LogP contribution in [0.3, 0.4) is 0 Å². The Morgan fingerprint density at radius 2 is 1.48 bits per heavy atom. The van der Waals surface area contributed by atoms with Gasteiger partial charge in [-0.3, -0.25) is 4.79 Å². The predicted octanol–water partition coefficient (Wildman–Crippen LogP) is 2.96. The molecule has 0 saturated heterocycles. The summed E-state index contributed by atoms with van der Waals surface area (Å²) in [7, 11) is -0.951. The van der Waals surface area contributed by atoms with Gasteiger partial charge in [0, 0.05) is 19.2 Å². The smallest absolute Gasteiger partial charge is 0.329 e. The number of hydrogen-bond donors (Lipinski definition) is 2. The van der Waals surface area contributed by atoms with Crippen LogP contribution in [0.2, 0.25) is 0 Å². The van der Waals surface area contributed by atoms with Crippen molar-refractivity contribution in [1.82, 2.24) is 10.0 Å². The molecule has 0 radical (unpaired) electrons. The van der Waals surface area contributed by atoms with Crippen molar-refractivity contribution in [2.45, 2.75) is 17.4 Å². The van der Waals surface area contributed by atoms with E-state index < -0.39 is 28.0 Å². The fourth-order valence-corrected chi connectivity index (χ4v) is 4.12. The number of ether oxygens (including phenoxy) is 1. The molecule has 3 rings (SSSR count). The van der Waals surface area contributed by atoms with E-state index in [0.717, 1.165) is 5.56 Å². The summed E-state index contributed by atoms with van der Waals surface area (Å²) in [5, 5.41) is 2.52. The lowest BCUT2D eigenvalue weighted by Crippen LogP contribution is -2.52. The topological polar surface area (TPSA) is 105 Å². The van der Waals surface area contributed by atoms with Crippen molar-refractivity contribution >= 4 is 27.6 Å². The number of anilines is 1. The molecule has 3 aromatic carbocycles. The molecule has 3 aromatic rings. The standard InChI is InChI=1S/C24H25N3O5S/c1-27(19-13-15-20(32-2)16-14-19)23(28)22(17-18-9-5-3-6-10-18)25-24(29)26-33(30,31)21-11-7-4-8-12-21/h3-16,22H,17H2,1-2H3,(H2,25,26,29). The van der Waals surface area contributed by atoms with Crippen LogP contribution in [0, 0.1) is 0 Å². The summed E-state index contributed by atoms with van der Waals surface area (Å²) in [6, 6.07) is 21.5. The molecule has 1 unspecified atom stereocenters. The molecule has 0 aromatic heterocycles. The molecule has 0 heterocycles. The van der Waals surface area contributed by atoms with Crippen molar-refractivity contribution in [2.75, 3.05) is 19.1 Å². The second-order valence-electron chi connectivity index (χ2n) is 7.23. The molecule has 0 aliphatic heterocycles. The van der Waals surface area contributed by atoms with Crippen LogP contribution in [0.25, 0.3) is 0 Å². The van der Waals surface area contributed by atoms with Crippen molar-refractivity contribution in [1.29, 1.82) is 0 Å². The summed E-state index contributed by atoms with van der Waals surface area (Å²) in [5.41, 5.74) is 1.41. The van der Waals surface area contributed by atoms with Gasteiger partial charge in [0.1, 0.15) is 11.8 Å². The Kier molecular flexibility index (Phi) is 7.68. The van der Waals surface area contributed by atoms with Gasteiger partial charge in [-0.2, -0.15) is 0 Å². The number of nitrogens with one attached hydrogen (secondary N) is 2. The van der Waals surface area contributed by atoms with Gasteiger partial charge < -0.3 is 15.0 Å². The lowest BCUT2D eigenvalue weighted by Gasteiger charge is -2.25. The summed E-state index contributed by atoms with van der Waals surface area (Å²) < 4.78 is 32.1. The van der Waals surface area contributed by atoms with Crippen LogP contribution in [0.5, 0.6) is 5.75 Å². The van der Waals surface area contributed by atoms with E-state index in [1.807, 2.05) is 35.1 Å². The quantitative estimate of drug-likeness (QED) is 0.530. The van der Waals surface area contributed by atoms with Gasteiger partial charge in [-0.1, -0.05) is 48.5 Å². The normalized spacial score (nSPS) is 11.8. The molecule has 9 heteroatoms. The SMILES string of the molecule is COc1ccc(N(C)C(=O)C(Cc2ccccc2)NC(=O)NS(=O)(=O)c2ccccc2)cc1. The molecule has 0 spiro atoms. The molecule has 0 aliphatic carbocycles. The summed E-state index contributed by atoms with van der Waals surface area (Å²) in [6.45, 7) is 0. The van der Waals surface area contributed by atoms with E-state index in [0.29, 0.717) is 11.4 Å². The van der Waals surface area contributed by atoms with Gasteiger partial charge >= 0.3 is 6.03 Å². The van der Waals surface area contributed by atoms with Gasteiger partial charge in [0.2, 0.25) is 5.91 Å². The molecule has 0 bridgehead atoms. The third kappa shape index (κ3) is 6.33. The average Bonchev–Trinajstić information content (AvgIpc) is 2.83. The number of amides is 3. The van der Waals surface area contributed by atoms with Crippen molar-refractivity contribution in [3.63, 3.8) is 0 Å². The van der Waals surface area contributed by atoms with Gasteiger partial charge in [-0.05, 0) is 42.0 Å². The molecule has 1 atom stereocenters. The Hall–Kier alpha value is -3.85. The third-order valence-electron chi connectivity index (χ3n) is 4.96. The fourth-order valence-electron chi connectivity index (χ4n) is 3.19. The molecule has 172 valence electrons. The van der Waals surface area contributed by atoms with Crippen LogP contribution in [-0.2, 0) is 21.2 Å². The highest BCUT2D eigenvalue weighted by molar-refractivity contribution is 7.90. The Balaban J connectivity index is 1.79. The van der Waals surface area contributed by atoms with Crippen molar-refractivity contribution in [2.24, 2.45) is 0 Å². The first-order chi connectivity index (χ1) is 15.8. The minimum Gasteiger partial charge on any atom is -0.497 e. The highest BCUT2D eigenvalue weighted by atomic mass is 32.2. The van der Waals surface area contributed by atoms with Gasteiger partial charge in [0.25, 0.3) is 10.0 Å². The van der Waals surface area contributed by atoms with E-state index in [9.17, 15) is 18.0 Å². The number of benzene rings is 3. The van der Waals surface area contributed by atoms with E-state index in [2.05, 4.69) is 5.32 Å². The van der Waals surface area contributed by atoms with Crippen molar-refractivity contribution in [3.05, 3.63) is 90.5 Å². The van der Waals surface area contributed by atoms with Crippen LogP contribution in [0.1, 0.15) is 5.56 Å². The minimum atomic E-state index is -4.08. The molecule has 0 saturated carbocycles. The fraction of sp³-hybridized carbons (Fsp3) is 0.167. The second-order valence-corrected chi connectivity index (χ2v) is 8.91. The first-order valence-corrected chi connectivity index (χ1v) is 11.6. The maximum absolute atomic E-state index is 13.3. The molecule has 33 heavy (non-hydrogen) atoms. The van der Waals surface area contributed by atoms with Crippen LogP contribution in [0.15, 0.2) is 89.8 Å². The van der Waals surface area contributed by atoms with Gasteiger partial charge in [-0.25, -0.2) is 17.9 Å². The van der Waals surface area contributed by atoms with Gasteiger partial charge in [0.15, 0.2) is 0 Å². The highest BCUT2D eigenvalue weighted by Gasteiger charge is 2.27. The Labute approximate surface area is 193 Å². The molecule has 2 N–H and O–H groups in total. The van der Waals surface area contributed by atoms with Gasteiger partial charge in [0.05, 0.1) is 12.0 Å². The molecular formula is C24H25N3O5S. The molecule has 3 amide bonds. The van der Waals surface area contributed by atoms with E-state index in [1.54, 1.807) is 56.6 Å². The van der Waals surface area contributed by atoms with Crippen molar-refractivity contribution in [3.8, 4) is 5.75 Å². The number of sulfonamides is 1. The number of rotatable bonds is 8. The van der Waals surface area contributed by atoms with Crippen LogP contribution in [0.4, 0.5) is 10.5 Å². The first-order valence-electron chi connectivity index (χ1n) is 10.1. The maximum Gasteiger partial charge on any atom is 0.329 e. The van der Waals surface area contributed by atoms with E-state index in [1.165, 1.54) is 17.0 Å². The van der Waals surface area contributed by atoms with E-state index >= 15 is 0 Å². The largest absolute Gasteiger partial charge is 0.497 e. The summed E-state index contributed by atoms with van der Waals surface area (Å²) in [6.07, 6.45) is 0.180. The average molecular weight is 468 g/mol. The predicted molar refractivity (Wildman–Crippen MR) is 126 cm³/mol. The summed E-state index contributed by atoms with van der Waals surface area (Å²) >= 11 is 0. The number of likely N-dealkylation sites (N-methyl/N-ethyl adjacent to an activating group) is 1. The van der Waals surface area contributed by atoms with Crippen molar-refractivity contribution < 1.29 is 22.7 Å². The zero-order valence-electron chi connectivity index (χ0n) is 18.3. The molecule has 0 aliphatic rings. The van der Waals surface area contributed by atoms with Crippen LogP contribution >= 0.6 is 0 Å². The highest BCUT2D eigenvalue weighted by Crippen LogP contribution is 2.19. The summed E-state index contributed by atoms with van der Waals surface area (Å²) in [4.78, 5) is 27.2. The number of methoxy groups -OCH3 is 1. The molecule has 8 nitrogen and oxygen atoms in total. The number of nitrogens with zero attached hydrogens (tertiary/aromatic N) is 1. The molecule has 0 fully saturated rings. The number of carbonyl (C=O) groups is 2. The van der Waals surface area contributed by atoms with Crippen LogP contribution < -0.4 is 19.7 Å². The van der Waals surface area contributed by atoms with E-state index in [4.69, 9.17) is 4.74 Å². The number of carbonyl (C=O) groups excluding carboxylic acids is 2. The zero-order valence-corrected chi connectivity index (χ0v) is 19.1. The maximum atomic E-state index is 13.3. The van der Waals surface area contributed by atoms with Gasteiger partial charge in [-0.15, -0.1) is 0 Å². The molecular weight excluding hydrogens is 442 g/mol.